The molecule has 1 unspecified atom stereocenters. The predicted octanol–water partition coefficient (Wildman–Crippen LogP) is 3.13. The lowest BCUT2D eigenvalue weighted by Crippen LogP contribution is -2.30. The van der Waals surface area contributed by atoms with Crippen LogP contribution in [0, 0.1) is 11.3 Å². The minimum absolute atomic E-state index is 0.0990. The van der Waals surface area contributed by atoms with E-state index >= 15 is 0 Å². The molecule has 3 aromatic rings. The number of carbonyl (C=O) groups is 1. The number of ether oxygens (including phenoxy) is 1. The van der Waals surface area contributed by atoms with Crippen LogP contribution in [0.3, 0.4) is 0 Å². The second-order valence-electron chi connectivity index (χ2n) is 6.12. The molecule has 0 aliphatic rings. The third kappa shape index (κ3) is 3.21. The van der Waals surface area contributed by atoms with Crippen LogP contribution in [-0.4, -0.2) is 27.2 Å². The summed E-state index contributed by atoms with van der Waals surface area (Å²) in [5, 5.41) is 12.5. The molecule has 0 radical (unpaired) electrons. The number of imidazole rings is 1. The van der Waals surface area contributed by atoms with Gasteiger partial charge in [-0.1, -0.05) is 18.5 Å². The minimum atomic E-state index is -0.735. The molecule has 1 N–H and O–H groups in total. The van der Waals surface area contributed by atoms with Gasteiger partial charge in [0, 0.05) is 18.9 Å². The molecule has 28 heavy (non-hydrogen) atoms. The van der Waals surface area contributed by atoms with Crippen LogP contribution in [0.2, 0.25) is 5.15 Å². The van der Waals surface area contributed by atoms with Gasteiger partial charge in [0.05, 0.1) is 23.8 Å². The van der Waals surface area contributed by atoms with Crippen molar-refractivity contribution in [2.45, 2.75) is 19.4 Å². The van der Waals surface area contributed by atoms with Crippen LogP contribution in [0.15, 0.2) is 35.3 Å². The SMILES string of the molecule is CCC(C(=O)OC)n1c(=O)n(C)c2ccc(Nc3ccnc(Cl)c3C#N)cc21. The Bertz CT molecular complexity index is 1160. The number of halogens is 1. The highest BCUT2D eigenvalue weighted by molar-refractivity contribution is 6.31. The molecule has 0 aliphatic carbocycles. The molecule has 0 spiro atoms. The number of hydrogen-bond donors (Lipinski definition) is 1. The number of aromatic nitrogens is 3. The average Bonchev–Trinajstić information content (AvgIpc) is 2.93. The van der Waals surface area contributed by atoms with Crippen LogP contribution >= 0.6 is 11.6 Å². The second-order valence-corrected chi connectivity index (χ2v) is 6.48. The average molecular weight is 400 g/mol. The summed E-state index contributed by atoms with van der Waals surface area (Å²) < 4.78 is 7.77. The molecule has 8 nitrogen and oxygen atoms in total. The highest BCUT2D eigenvalue weighted by atomic mass is 35.5. The Morgan fingerprint density at radius 2 is 2.14 bits per heavy atom. The van der Waals surface area contributed by atoms with Crippen molar-refractivity contribution >= 4 is 40.0 Å². The van der Waals surface area contributed by atoms with Gasteiger partial charge in [-0.15, -0.1) is 0 Å². The molecule has 0 bridgehead atoms. The van der Waals surface area contributed by atoms with E-state index in [0.29, 0.717) is 28.8 Å². The van der Waals surface area contributed by atoms with Crippen LogP contribution in [0.5, 0.6) is 0 Å². The molecule has 3 rings (SSSR count). The molecule has 2 heterocycles. The van der Waals surface area contributed by atoms with E-state index < -0.39 is 12.0 Å². The summed E-state index contributed by atoms with van der Waals surface area (Å²) in [4.78, 5) is 28.8. The van der Waals surface area contributed by atoms with Crippen molar-refractivity contribution in [3.8, 4) is 6.07 Å². The van der Waals surface area contributed by atoms with Gasteiger partial charge in [0.1, 0.15) is 22.8 Å². The minimum Gasteiger partial charge on any atom is -0.467 e. The van der Waals surface area contributed by atoms with E-state index in [9.17, 15) is 14.9 Å². The molecule has 0 aliphatic heterocycles. The van der Waals surface area contributed by atoms with Gasteiger partial charge in [0.25, 0.3) is 0 Å². The zero-order valence-electron chi connectivity index (χ0n) is 15.6. The standard InChI is InChI=1S/C19H18ClN5O3/c1-4-14(18(26)28-3)25-16-9-11(5-6-15(16)24(2)19(25)27)23-13-7-8-22-17(20)12(13)10-21/h5-9,14H,4H2,1-3H3,(H,22,23). The van der Waals surface area contributed by atoms with Crippen molar-refractivity contribution in [3.05, 3.63) is 51.7 Å². The molecule has 9 heteroatoms. The number of nitrogens with one attached hydrogen (secondary N) is 1. The van der Waals surface area contributed by atoms with E-state index in [2.05, 4.69) is 10.3 Å². The van der Waals surface area contributed by atoms with E-state index in [0.717, 1.165) is 0 Å². The molecular formula is C19H18ClN5O3. The molecule has 2 aromatic heterocycles. The first-order valence-electron chi connectivity index (χ1n) is 8.53. The molecule has 0 saturated carbocycles. The zero-order valence-corrected chi connectivity index (χ0v) is 16.3. The maximum atomic E-state index is 12.8. The Kier molecular flexibility index (Phi) is 5.38. The Labute approximate surface area is 165 Å². The fourth-order valence-corrected chi connectivity index (χ4v) is 3.34. The van der Waals surface area contributed by atoms with Gasteiger partial charge in [0.2, 0.25) is 0 Å². The van der Waals surface area contributed by atoms with E-state index in [-0.39, 0.29) is 16.4 Å². The molecule has 144 valence electrons. The first-order chi connectivity index (χ1) is 13.4. The first-order valence-corrected chi connectivity index (χ1v) is 8.91. The summed E-state index contributed by atoms with van der Waals surface area (Å²) in [6.07, 6.45) is 1.90. The second kappa shape index (κ2) is 7.74. The number of pyridine rings is 1. The number of fused-ring (bicyclic) bond motifs is 1. The Morgan fingerprint density at radius 1 is 1.39 bits per heavy atom. The van der Waals surface area contributed by atoms with Gasteiger partial charge < -0.3 is 10.1 Å². The van der Waals surface area contributed by atoms with Gasteiger partial charge >= 0.3 is 11.7 Å². The van der Waals surface area contributed by atoms with Gasteiger partial charge in [-0.25, -0.2) is 14.6 Å². The summed E-state index contributed by atoms with van der Waals surface area (Å²) in [6.45, 7) is 1.81. The number of rotatable bonds is 5. The van der Waals surface area contributed by atoms with E-state index in [1.807, 2.05) is 13.0 Å². The normalized spacial score (nSPS) is 11.8. The molecule has 0 amide bonds. The first kappa shape index (κ1) is 19.5. The van der Waals surface area contributed by atoms with Gasteiger partial charge in [-0.3, -0.25) is 9.13 Å². The van der Waals surface area contributed by atoms with Gasteiger partial charge in [-0.2, -0.15) is 5.26 Å². The maximum absolute atomic E-state index is 12.8. The molecule has 0 fully saturated rings. The summed E-state index contributed by atoms with van der Waals surface area (Å²) in [5.74, 6) is -0.483. The van der Waals surface area contributed by atoms with Crippen LogP contribution in [0.1, 0.15) is 24.9 Å². The number of benzene rings is 1. The van der Waals surface area contributed by atoms with Crippen molar-refractivity contribution in [1.82, 2.24) is 14.1 Å². The number of hydrogen-bond acceptors (Lipinski definition) is 6. The van der Waals surface area contributed by atoms with E-state index in [4.69, 9.17) is 16.3 Å². The van der Waals surface area contributed by atoms with Crippen molar-refractivity contribution in [3.63, 3.8) is 0 Å². The summed E-state index contributed by atoms with van der Waals surface area (Å²) in [5.41, 5.74) is 2.28. The number of nitrogens with zero attached hydrogens (tertiary/aromatic N) is 4. The van der Waals surface area contributed by atoms with Crippen LogP contribution < -0.4 is 11.0 Å². The molecular weight excluding hydrogens is 382 g/mol. The third-order valence-corrected chi connectivity index (χ3v) is 4.84. The Balaban J connectivity index is 2.15. The number of anilines is 2. The quantitative estimate of drug-likeness (QED) is 0.522. The molecule has 0 saturated heterocycles. The Hall–Kier alpha value is -3.31. The number of nitriles is 1. The van der Waals surface area contributed by atoms with Gasteiger partial charge in [0.15, 0.2) is 0 Å². The fraction of sp³-hybridized carbons (Fsp3) is 0.263. The number of esters is 1. The zero-order chi connectivity index (χ0) is 20.4. The van der Waals surface area contributed by atoms with E-state index in [1.54, 1.807) is 31.3 Å². The fourth-order valence-electron chi connectivity index (χ4n) is 3.14. The topological polar surface area (TPSA) is 102 Å². The van der Waals surface area contributed by atoms with E-state index in [1.165, 1.54) is 22.4 Å². The smallest absolute Gasteiger partial charge is 0.329 e. The number of methoxy groups -OCH3 is 1. The van der Waals surface area contributed by atoms with Crippen molar-refractivity contribution < 1.29 is 9.53 Å². The Morgan fingerprint density at radius 3 is 2.79 bits per heavy atom. The monoisotopic (exact) mass is 399 g/mol. The van der Waals surface area contributed by atoms with Crippen LogP contribution in [0.25, 0.3) is 11.0 Å². The van der Waals surface area contributed by atoms with Crippen LogP contribution in [-0.2, 0) is 16.6 Å². The summed E-state index contributed by atoms with van der Waals surface area (Å²) >= 11 is 5.98. The van der Waals surface area contributed by atoms with Crippen LogP contribution in [0.4, 0.5) is 11.4 Å². The third-order valence-electron chi connectivity index (χ3n) is 4.56. The van der Waals surface area contributed by atoms with Crippen molar-refractivity contribution in [2.75, 3.05) is 12.4 Å². The lowest BCUT2D eigenvalue weighted by Gasteiger charge is -2.15. The summed E-state index contributed by atoms with van der Waals surface area (Å²) in [6, 6.07) is 8.22. The van der Waals surface area contributed by atoms with Gasteiger partial charge in [-0.05, 0) is 30.7 Å². The highest BCUT2D eigenvalue weighted by Crippen LogP contribution is 2.28. The maximum Gasteiger partial charge on any atom is 0.329 e. The number of carbonyl (C=O) groups excluding carboxylic acids is 1. The molecule has 1 aromatic carbocycles. The largest absolute Gasteiger partial charge is 0.467 e. The highest BCUT2D eigenvalue weighted by Gasteiger charge is 2.25. The molecule has 1 atom stereocenters. The lowest BCUT2D eigenvalue weighted by molar-refractivity contribution is -0.144. The predicted molar refractivity (Wildman–Crippen MR) is 106 cm³/mol. The number of aryl methyl sites for hydroxylation is 1. The summed E-state index contributed by atoms with van der Waals surface area (Å²) in [7, 11) is 2.94. The lowest BCUT2D eigenvalue weighted by atomic mass is 10.2. The van der Waals surface area contributed by atoms with Crippen molar-refractivity contribution in [2.24, 2.45) is 7.05 Å². The van der Waals surface area contributed by atoms with Crippen molar-refractivity contribution in [1.29, 1.82) is 5.26 Å².